The lowest BCUT2D eigenvalue weighted by Gasteiger charge is -2.26. The van der Waals surface area contributed by atoms with Gasteiger partial charge in [-0.2, -0.15) is 0 Å². The minimum absolute atomic E-state index is 0.0637. The zero-order valence-electron chi connectivity index (χ0n) is 22.1. The maximum atomic E-state index is 13.5. The molecule has 3 N–H and O–H groups in total. The molecule has 194 valence electrons. The molecular formula is C32H32N2O4. The second kappa shape index (κ2) is 9.53. The summed E-state index contributed by atoms with van der Waals surface area (Å²) >= 11 is 0. The van der Waals surface area contributed by atoms with E-state index in [0.29, 0.717) is 17.5 Å². The van der Waals surface area contributed by atoms with Crippen LogP contribution in [0.5, 0.6) is 5.75 Å². The number of aryl methyl sites for hydroxylation is 1. The molecule has 1 aromatic heterocycles. The first-order chi connectivity index (χ1) is 18.1. The highest BCUT2D eigenvalue weighted by molar-refractivity contribution is 6.46. The van der Waals surface area contributed by atoms with Crippen LogP contribution in [0.2, 0.25) is 0 Å². The average Bonchev–Trinajstić information content (AvgIpc) is 3.41. The standard InChI is InChI=1S/C32H32N2O4/c1-19-9-12-22(32(2,3)4)17-25(19)29(36)27-28(20-10-13-23(35)14-11-20)34(31(38)30(27)37)16-15-21-18-33-26-8-6-5-7-24(21)26/h5-14,17-18,28,33,35-36H,15-16H2,1-4H3/b29-27+. The van der Waals surface area contributed by atoms with Gasteiger partial charge >= 0.3 is 0 Å². The number of benzene rings is 3. The van der Waals surface area contributed by atoms with Crippen molar-refractivity contribution < 1.29 is 19.8 Å². The van der Waals surface area contributed by atoms with Gasteiger partial charge in [-0.15, -0.1) is 0 Å². The predicted molar refractivity (Wildman–Crippen MR) is 149 cm³/mol. The van der Waals surface area contributed by atoms with Gasteiger partial charge in [-0.25, -0.2) is 0 Å². The summed E-state index contributed by atoms with van der Waals surface area (Å²) in [6.07, 6.45) is 2.46. The number of hydrogen-bond acceptors (Lipinski definition) is 4. The predicted octanol–water partition coefficient (Wildman–Crippen LogP) is 6.14. The van der Waals surface area contributed by atoms with Crippen molar-refractivity contribution >= 4 is 28.4 Å². The second-order valence-electron chi connectivity index (χ2n) is 11.0. The Hall–Kier alpha value is -4.32. The van der Waals surface area contributed by atoms with Crippen LogP contribution in [-0.4, -0.2) is 38.3 Å². The Morgan fingerprint density at radius 1 is 1.00 bits per heavy atom. The first-order valence-electron chi connectivity index (χ1n) is 12.8. The molecule has 6 heteroatoms. The number of likely N-dealkylation sites (tertiary alicyclic amines) is 1. The highest BCUT2D eigenvalue weighted by atomic mass is 16.3. The molecule has 1 aliphatic heterocycles. The first kappa shape index (κ1) is 25.3. The fourth-order valence-electron chi connectivity index (χ4n) is 5.18. The number of amides is 1. The van der Waals surface area contributed by atoms with Crippen molar-refractivity contribution in [2.24, 2.45) is 0 Å². The maximum absolute atomic E-state index is 13.5. The summed E-state index contributed by atoms with van der Waals surface area (Å²) in [4.78, 5) is 31.7. The highest BCUT2D eigenvalue weighted by Crippen LogP contribution is 2.41. The molecular weight excluding hydrogens is 476 g/mol. The number of aliphatic hydroxyl groups is 1. The minimum atomic E-state index is -0.779. The van der Waals surface area contributed by atoms with Crippen molar-refractivity contribution in [3.05, 3.63) is 106 Å². The van der Waals surface area contributed by atoms with Gasteiger partial charge in [-0.1, -0.05) is 63.2 Å². The zero-order valence-corrected chi connectivity index (χ0v) is 22.1. The number of phenolic OH excluding ortho intramolecular Hbond substituents is 1. The summed E-state index contributed by atoms with van der Waals surface area (Å²) in [5, 5.41) is 22.6. The number of aromatic nitrogens is 1. The van der Waals surface area contributed by atoms with Gasteiger partial charge in [0.05, 0.1) is 11.6 Å². The van der Waals surface area contributed by atoms with Crippen LogP contribution >= 0.6 is 0 Å². The molecule has 3 aromatic carbocycles. The number of fused-ring (bicyclic) bond motifs is 1. The van der Waals surface area contributed by atoms with Crippen molar-refractivity contribution in [3.63, 3.8) is 0 Å². The van der Waals surface area contributed by atoms with E-state index in [9.17, 15) is 19.8 Å². The van der Waals surface area contributed by atoms with Crippen LogP contribution in [0.4, 0.5) is 0 Å². The third kappa shape index (κ3) is 4.47. The van der Waals surface area contributed by atoms with Gasteiger partial charge in [0.1, 0.15) is 11.5 Å². The van der Waals surface area contributed by atoms with Gasteiger partial charge in [-0.05, 0) is 65.3 Å². The molecule has 1 amide bonds. The number of aliphatic hydroxyl groups excluding tert-OH is 1. The summed E-state index contributed by atoms with van der Waals surface area (Å²) in [5.74, 6) is -1.45. The monoisotopic (exact) mass is 508 g/mol. The van der Waals surface area contributed by atoms with Gasteiger partial charge in [0.15, 0.2) is 0 Å². The van der Waals surface area contributed by atoms with E-state index in [-0.39, 0.29) is 29.0 Å². The molecule has 0 radical (unpaired) electrons. The van der Waals surface area contributed by atoms with E-state index < -0.39 is 17.7 Å². The number of carbonyl (C=O) groups excluding carboxylic acids is 2. The lowest BCUT2D eigenvalue weighted by atomic mass is 9.84. The van der Waals surface area contributed by atoms with Crippen LogP contribution in [0.15, 0.2) is 78.5 Å². The van der Waals surface area contributed by atoms with Crippen molar-refractivity contribution in [1.29, 1.82) is 0 Å². The molecule has 38 heavy (non-hydrogen) atoms. The van der Waals surface area contributed by atoms with Crippen LogP contribution in [-0.2, 0) is 21.4 Å². The second-order valence-corrected chi connectivity index (χ2v) is 11.0. The van der Waals surface area contributed by atoms with E-state index in [1.54, 1.807) is 12.1 Å². The maximum Gasteiger partial charge on any atom is 0.295 e. The third-order valence-corrected chi connectivity index (χ3v) is 7.40. The van der Waals surface area contributed by atoms with Crippen LogP contribution in [0.25, 0.3) is 16.7 Å². The molecule has 1 fully saturated rings. The number of phenols is 1. The lowest BCUT2D eigenvalue weighted by molar-refractivity contribution is -0.139. The van der Waals surface area contributed by atoms with Gasteiger partial charge in [-0.3, -0.25) is 9.59 Å². The molecule has 0 spiro atoms. The molecule has 1 saturated heterocycles. The Balaban J connectivity index is 1.60. The van der Waals surface area contributed by atoms with E-state index in [0.717, 1.165) is 27.6 Å². The van der Waals surface area contributed by atoms with E-state index in [4.69, 9.17) is 0 Å². The summed E-state index contributed by atoms with van der Waals surface area (Å²) in [5.41, 5.74) is 4.96. The van der Waals surface area contributed by atoms with E-state index in [1.807, 2.05) is 55.6 Å². The van der Waals surface area contributed by atoms with E-state index in [2.05, 4.69) is 25.8 Å². The summed E-state index contributed by atoms with van der Waals surface area (Å²) in [7, 11) is 0. The van der Waals surface area contributed by atoms with Crippen LogP contribution in [0.3, 0.4) is 0 Å². The number of nitrogens with zero attached hydrogens (tertiary/aromatic N) is 1. The van der Waals surface area contributed by atoms with Crippen molar-refractivity contribution in [3.8, 4) is 5.75 Å². The fourth-order valence-corrected chi connectivity index (χ4v) is 5.18. The quantitative estimate of drug-likeness (QED) is 0.171. The summed E-state index contributed by atoms with van der Waals surface area (Å²) in [6.45, 7) is 8.42. The normalized spacial score (nSPS) is 17.5. The average molecular weight is 509 g/mol. The summed E-state index contributed by atoms with van der Waals surface area (Å²) in [6, 6.07) is 19.5. The van der Waals surface area contributed by atoms with Gasteiger partial charge in [0.2, 0.25) is 0 Å². The smallest absolute Gasteiger partial charge is 0.295 e. The van der Waals surface area contributed by atoms with Crippen LogP contribution in [0.1, 0.15) is 54.6 Å². The van der Waals surface area contributed by atoms with Gasteiger partial charge in [0, 0.05) is 29.2 Å². The third-order valence-electron chi connectivity index (χ3n) is 7.40. The Kier molecular flexibility index (Phi) is 6.35. The van der Waals surface area contributed by atoms with Crippen LogP contribution in [0, 0.1) is 6.92 Å². The first-order valence-corrected chi connectivity index (χ1v) is 12.8. The molecule has 1 aliphatic rings. The number of aromatic hydroxyl groups is 1. The number of Topliss-reactive ketones (excluding diaryl/α,β-unsaturated/α-hetero) is 1. The van der Waals surface area contributed by atoms with Crippen molar-refractivity contribution in [2.75, 3.05) is 6.54 Å². The number of para-hydroxylation sites is 1. The van der Waals surface area contributed by atoms with Crippen molar-refractivity contribution in [2.45, 2.75) is 45.6 Å². The molecule has 0 bridgehead atoms. The minimum Gasteiger partial charge on any atom is -0.508 e. The number of nitrogens with one attached hydrogen (secondary N) is 1. The number of aromatic amines is 1. The van der Waals surface area contributed by atoms with E-state index >= 15 is 0 Å². The molecule has 1 atom stereocenters. The van der Waals surface area contributed by atoms with E-state index in [1.165, 1.54) is 17.0 Å². The molecule has 5 rings (SSSR count). The molecule has 2 heterocycles. The largest absolute Gasteiger partial charge is 0.508 e. The number of rotatable bonds is 5. The Labute approximate surface area is 222 Å². The van der Waals surface area contributed by atoms with Crippen molar-refractivity contribution in [1.82, 2.24) is 9.88 Å². The SMILES string of the molecule is Cc1ccc(C(C)(C)C)cc1/C(O)=C1\C(=O)C(=O)N(CCc2c[nH]c3ccccc23)C1c1ccc(O)cc1. The Morgan fingerprint density at radius 3 is 2.42 bits per heavy atom. The number of carbonyl (C=O) groups is 2. The molecule has 4 aromatic rings. The number of hydrogen-bond donors (Lipinski definition) is 3. The topological polar surface area (TPSA) is 93.6 Å². The fraction of sp³-hybridized carbons (Fsp3) is 0.250. The summed E-state index contributed by atoms with van der Waals surface area (Å²) < 4.78 is 0. The zero-order chi connectivity index (χ0) is 27.2. The number of ketones is 1. The molecule has 6 nitrogen and oxygen atoms in total. The molecule has 0 saturated carbocycles. The molecule has 1 unspecified atom stereocenters. The highest BCUT2D eigenvalue weighted by Gasteiger charge is 2.46. The van der Waals surface area contributed by atoms with Gasteiger partial charge < -0.3 is 20.1 Å². The number of H-pyrrole nitrogens is 1. The van der Waals surface area contributed by atoms with Gasteiger partial charge in [0.25, 0.3) is 11.7 Å². The molecule has 0 aliphatic carbocycles. The van der Waals surface area contributed by atoms with Crippen LogP contribution < -0.4 is 0 Å². The Bertz CT molecular complexity index is 1570. The Morgan fingerprint density at radius 2 is 1.71 bits per heavy atom. The lowest BCUT2D eigenvalue weighted by Crippen LogP contribution is -2.31.